The molecule has 0 bridgehead atoms. The highest BCUT2D eigenvalue weighted by molar-refractivity contribution is 5.94. The van der Waals surface area contributed by atoms with E-state index in [2.05, 4.69) is 25.2 Å². The van der Waals surface area contributed by atoms with E-state index in [1.165, 1.54) is 0 Å². The molecule has 1 aromatic carbocycles. The maximum absolute atomic E-state index is 12.4. The fraction of sp³-hybridized carbons (Fsp3) is 0.333. The lowest BCUT2D eigenvalue weighted by Gasteiger charge is -2.33. The van der Waals surface area contributed by atoms with E-state index < -0.39 is 0 Å². The molecule has 1 amide bonds. The summed E-state index contributed by atoms with van der Waals surface area (Å²) < 4.78 is 10.8. The summed E-state index contributed by atoms with van der Waals surface area (Å²) in [6.07, 6.45) is 6.51. The molecule has 8 nitrogen and oxygen atoms in total. The van der Waals surface area contributed by atoms with Crippen LogP contribution in [0.1, 0.15) is 23.2 Å². The summed E-state index contributed by atoms with van der Waals surface area (Å²) in [6.45, 7) is 1.59. The number of carbonyl (C=O) groups excluding carboxylic acids is 1. The van der Waals surface area contributed by atoms with Gasteiger partial charge in [-0.3, -0.25) is 9.78 Å². The first kappa shape index (κ1) is 18.9. The van der Waals surface area contributed by atoms with Crippen molar-refractivity contribution < 1.29 is 14.3 Å². The van der Waals surface area contributed by atoms with E-state index in [0.717, 1.165) is 42.7 Å². The van der Waals surface area contributed by atoms with Crippen LogP contribution in [0, 0.1) is 0 Å². The first-order valence-corrected chi connectivity index (χ1v) is 9.52. The van der Waals surface area contributed by atoms with Gasteiger partial charge in [-0.1, -0.05) is 0 Å². The van der Waals surface area contributed by atoms with Crippen LogP contribution in [0.3, 0.4) is 0 Å². The standard InChI is InChI=1S/C21H23N5O3/c1-28-18-11-16-17(12-19(18)29-2)23-13-24-20(16)26-9-5-15(6-10-26)25-21(27)14-3-7-22-8-4-14/h3-4,7-8,11-13,15H,5-6,9-10H2,1-2H3,(H,25,27). The van der Waals surface area contributed by atoms with Crippen LogP contribution in [0.5, 0.6) is 11.5 Å². The molecule has 1 aliphatic rings. The molecule has 29 heavy (non-hydrogen) atoms. The lowest BCUT2D eigenvalue weighted by Crippen LogP contribution is -2.45. The average Bonchev–Trinajstić information content (AvgIpc) is 2.78. The predicted octanol–water partition coefficient (Wildman–Crippen LogP) is 2.44. The summed E-state index contributed by atoms with van der Waals surface area (Å²) in [7, 11) is 3.22. The van der Waals surface area contributed by atoms with Gasteiger partial charge in [-0.2, -0.15) is 0 Å². The number of nitrogens with zero attached hydrogens (tertiary/aromatic N) is 4. The number of anilines is 1. The molecule has 1 saturated heterocycles. The molecule has 2 aromatic heterocycles. The smallest absolute Gasteiger partial charge is 0.251 e. The Labute approximate surface area is 168 Å². The number of benzene rings is 1. The lowest BCUT2D eigenvalue weighted by molar-refractivity contribution is 0.0931. The van der Waals surface area contributed by atoms with Gasteiger partial charge < -0.3 is 19.7 Å². The maximum atomic E-state index is 12.4. The molecule has 0 aliphatic carbocycles. The van der Waals surface area contributed by atoms with E-state index in [4.69, 9.17) is 9.47 Å². The topological polar surface area (TPSA) is 89.5 Å². The number of hydrogen-bond donors (Lipinski definition) is 1. The molecule has 3 heterocycles. The number of methoxy groups -OCH3 is 2. The van der Waals surface area contributed by atoms with E-state index in [1.807, 2.05) is 12.1 Å². The minimum Gasteiger partial charge on any atom is -0.493 e. The fourth-order valence-corrected chi connectivity index (χ4v) is 3.63. The summed E-state index contributed by atoms with van der Waals surface area (Å²) >= 11 is 0. The number of pyridine rings is 1. The Morgan fingerprint density at radius 1 is 1.07 bits per heavy atom. The minimum atomic E-state index is -0.0600. The van der Waals surface area contributed by atoms with Gasteiger partial charge in [0, 0.05) is 48.5 Å². The lowest BCUT2D eigenvalue weighted by atomic mass is 10.0. The molecular weight excluding hydrogens is 370 g/mol. The highest BCUT2D eigenvalue weighted by Gasteiger charge is 2.24. The summed E-state index contributed by atoms with van der Waals surface area (Å²) in [5, 5.41) is 4.04. The quantitative estimate of drug-likeness (QED) is 0.712. The molecule has 0 radical (unpaired) electrons. The summed E-state index contributed by atoms with van der Waals surface area (Å²) in [6, 6.07) is 7.36. The van der Waals surface area contributed by atoms with Crippen molar-refractivity contribution in [3.8, 4) is 11.5 Å². The third-order valence-electron chi connectivity index (χ3n) is 5.19. The molecule has 0 unspecified atom stereocenters. The number of fused-ring (bicyclic) bond motifs is 1. The summed E-state index contributed by atoms with van der Waals surface area (Å²) in [5.74, 6) is 2.10. The molecule has 1 N–H and O–H groups in total. The van der Waals surface area contributed by atoms with Crippen molar-refractivity contribution in [2.45, 2.75) is 18.9 Å². The number of piperidine rings is 1. The number of aromatic nitrogens is 3. The molecule has 0 atom stereocenters. The Morgan fingerprint density at radius 2 is 1.76 bits per heavy atom. The third kappa shape index (κ3) is 3.91. The van der Waals surface area contributed by atoms with Crippen LogP contribution in [-0.4, -0.2) is 54.2 Å². The highest BCUT2D eigenvalue weighted by Crippen LogP contribution is 2.35. The molecular formula is C21H23N5O3. The van der Waals surface area contributed by atoms with Crippen LogP contribution in [-0.2, 0) is 0 Å². The van der Waals surface area contributed by atoms with Crippen molar-refractivity contribution >= 4 is 22.6 Å². The number of nitrogens with one attached hydrogen (secondary N) is 1. The van der Waals surface area contributed by atoms with Crippen molar-refractivity contribution in [3.63, 3.8) is 0 Å². The van der Waals surface area contributed by atoms with Crippen LogP contribution in [0.2, 0.25) is 0 Å². The molecule has 0 spiro atoms. The summed E-state index contributed by atoms with van der Waals surface area (Å²) in [5.41, 5.74) is 1.44. The van der Waals surface area contributed by atoms with E-state index in [1.54, 1.807) is 45.1 Å². The Bertz CT molecular complexity index is 1000. The largest absolute Gasteiger partial charge is 0.493 e. The van der Waals surface area contributed by atoms with Gasteiger partial charge in [-0.15, -0.1) is 0 Å². The van der Waals surface area contributed by atoms with Crippen LogP contribution in [0.25, 0.3) is 10.9 Å². The van der Waals surface area contributed by atoms with Gasteiger partial charge in [0.2, 0.25) is 0 Å². The second-order valence-corrected chi connectivity index (χ2v) is 6.89. The Morgan fingerprint density at radius 3 is 2.45 bits per heavy atom. The van der Waals surface area contributed by atoms with E-state index in [-0.39, 0.29) is 11.9 Å². The van der Waals surface area contributed by atoms with E-state index >= 15 is 0 Å². The molecule has 1 fully saturated rings. The van der Waals surface area contributed by atoms with E-state index in [0.29, 0.717) is 17.1 Å². The van der Waals surface area contributed by atoms with Crippen LogP contribution < -0.4 is 19.7 Å². The monoisotopic (exact) mass is 393 g/mol. The first-order chi connectivity index (χ1) is 14.2. The zero-order chi connectivity index (χ0) is 20.2. The van der Waals surface area contributed by atoms with Gasteiger partial charge in [0.05, 0.1) is 19.7 Å². The molecule has 4 rings (SSSR count). The molecule has 1 aliphatic heterocycles. The molecule has 8 heteroatoms. The second-order valence-electron chi connectivity index (χ2n) is 6.89. The van der Waals surface area contributed by atoms with Crippen molar-refractivity contribution in [2.75, 3.05) is 32.2 Å². The van der Waals surface area contributed by atoms with Crippen molar-refractivity contribution in [3.05, 3.63) is 48.5 Å². The first-order valence-electron chi connectivity index (χ1n) is 9.52. The summed E-state index contributed by atoms with van der Waals surface area (Å²) in [4.78, 5) is 27.4. The average molecular weight is 393 g/mol. The normalized spacial score (nSPS) is 14.6. The van der Waals surface area contributed by atoms with Crippen LogP contribution in [0.4, 0.5) is 5.82 Å². The predicted molar refractivity (Wildman–Crippen MR) is 110 cm³/mol. The Hall–Kier alpha value is -3.42. The number of ether oxygens (including phenoxy) is 2. The van der Waals surface area contributed by atoms with Crippen molar-refractivity contribution in [1.82, 2.24) is 20.3 Å². The molecule has 150 valence electrons. The van der Waals surface area contributed by atoms with Gasteiger partial charge in [0.1, 0.15) is 12.1 Å². The highest BCUT2D eigenvalue weighted by atomic mass is 16.5. The van der Waals surface area contributed by atoms with Gasteiger partial charge in [-0.05, 0) is 31.0 Å². The number of hydrogen-bond acceptors (Lipinski definition) is 7. The number of carbonyl (C=O) groups is 1. The van der Waals surface area contributed by atoms with Gasteiger partial charge in [0.25, 0.3) is 5.91 Å². The molecule has 3 aromatic rings. The minimum absolute atomic E-state index is 0.0600. The van der Waals surface area contributed by atoms with Crippen LogP contribution in [0.15, 0.2) is 43.0 Å². The van der Waals surface area contributed by atoms with Gasteiger partial charge in [0.15, 0.2) is 11.5 Å². The van der Waals surface area contributed by atoms with E-state index in [9.17, 15) is 4.79 Å². The zero-order valence-electron chi connectivity index (χ0n) is 16.5. The zero-order valence-corrected chi connectivity index (χ0v) is 16.5. The number of rotatable bonds is 5. The fourth-order valence-electron chi connectivity index (χ4n) is 3.63. The van der Waals surface area contributed by atoms with Crippen LogP contribution >= 0.6 is 0 Å². The van der Waals surface area contributed by atoms with Crippen molar-refractivity contribution in [1.29, 1.82) is 0 Å². The molecule has 0 saturated carbocycles. The third-order valence-corrected chi connectivity index (χ3v) is 5.19. The van der Waals surface area contributed by atoms with Crippen molar-refractivity contribution in [2.24, 2.45) is 0 Å². The van der Waals surface area contributed by atoms with Gasteiger partial charge in [-0.25, -0.2) is 9.97 Å². The van der Waals surface area contributed by atoms with Gasteiger partial charge >= 0.3 is 0 Å². The maximum Gasteiger partial charge on any atom is 0.251 e. The Kier molecular flexibility index (Phi) is 5.41. The number of amides is 1. The Balaban J connectivity index is 1.48. The second kappa shape index (κ2) is 8.30. The SMILES string of the molecule is COc1cc2ncnc(N3CCC(NC(=O)c4ccncc4)CC3)c2cc1OC.